The lowest BCUT2D eigenvalue weighted by Gasteiger charge is -2.53. The maximum absolute atomic E-state index is 12.7. The van der Waals surface area contributed by atoms with Crippen LogP contribution in [-0.4, -0.2) is 57.1 Å². The average molecular weight is 496 g/mol. The molecule has 36 heavy (non-hydrogen) atoms. The third kappa shape index (κ3) is 4.51. The number of carbonyl (C=O) groups is 2. The number of carboxylic acid groups (broad SMARTS) is 1. The molecule has 2 saturated carbocycles. The molecule has 1 aromatic heterocycles. The van der Waals surface area contributed by atoms with E-state index in [2.05, 4.69) is 36.3 Å². The molecule has 6 rings (SSSR count). The molecular weight excluding hydrogens is 458 g/mol. The quantitative estimate of drug-likeness (QED) is 0.560. The Morgan fingerprint density at radius 2 is 1.92 bits per heavy atom. The van der Waals surface area contributed by atoms with E-state index >= 15 is 0 Å². The van der Waals surface area contributed by atoms with Gasteiger partial charge in [-0.2, -0.15) is 5.10 Å². The van der Waals surface area contributed by atoms with Gasteiger partial charge in [-0.3, -0.25) is 9.48 Å². The van der Waals surface area contributed by atoms with Crippen LogP contribution in [0.5, 0.6) is 0 Å². The van der Waals surface area contributed by atoms with Gasteiger partial charge in [0.05, 0.1) is 30.5 Å². The number of aromatic nitrogens is 2. The Morgan fingerprint density at radius 3 is 2.47 bits per heavy atom. The van der Waals surface area contributed by atoms with Crippen molar-refractivity contribution in [2.24, 2.45) is 13.0 Å². The molecule has 2 aromatic rings. The predicted molar refractivity (Wildman–Crippen MR) is 134 cm³/mol. The van der Waals surface area contributed by atoms with Crippen molar-refractivity contribution in [1.82, 2.24) is 14.7 Å². The zero-order valence-corrected chi connectivity index (χ0v) is 21.5. The molecule has 2 bridgehead atoms. The molecule has 8 heteroatoms. The molecule has 0 radical (unpaired) electrons. The van der Waals surface area contributed by atoms with Crippen molar-refractivity contribution >= 4 is 12.1 Å². The van der Waals surface area contributed by atoms with Crippen LogP contribution in [0.2, 0.25) is 0 Å². The highest BCUT2D eigenvalue weighted by Gasteiger charge is 2.51. The Hall–Kier alpha value is -2.87. The predicted octanol–water partition coefficient (Wildman–Crippen LogP) is 4.90. The molecule has 4 aliphatic rings. The number of aliphatic carboxylic acids is 1. The first-order chi connectivity index (χ1) is 17.2. The number of hydrogen-bond donors (Lipinski definition) is 1. The van der Waals surface area contributed by atoms with Gasteiger partial charge in [-0.05, 0) is 62.5 Å². The molecule has 194 valence electrons. The van der Waals surface area contributed by atoms with Crippen molar-refractivity contribution in [2.75, 3.05) is 13.7 Å². The van der Waals surface area contributed by atoms with Crippen LogP contribution in [-0.2, 0) is 33.3 Å². The van der Waals surface area contributed by atoms with E-state index in [1.807, 2.05) is 20.3 Å². The van der Waals surface area contributed by atoms with Crippen LogP contribution in [0.25, 0.3) is 11.1 Å². The SMILES string of the molecule is C[C@H](C1CCC1)N(C)C(=O)OCc1c(-c2ccc(C34CCC(CC(=O)O)(CC3)OC4)cc2)cnn1C. The lowest BCUT2D eigenvalue weighted by Crippen LogP contribution is -2.54. The van der Waals surface area contributed by atoms with Crippen molar-refractivity contribution in [2.45, 2.75) is 82.0 Å². The first-order valence-electron chi connectivity index (χ1n) is 13.1. The Balaban J connectivity index is 1.25. The molecular formula is C28H37N3O5. The van der Waals surface area contributed by atoms with Crippen LogP contribution in [0.1, 0.15) is 69.5 Å². The zero-order chi connectivity index (χ0) is 25.5. The van der Waals surface area contributed by atoms with Gasteiger partial charge < -0.3 is 19.5 Å². The summed E-state index contributed by atoms with van der Waals surface area (Å²) in [7, 11) is 3.69. The third-order valence-corrected chi connectivity index (χ3v) is 9.18. The second kappa shape index (κ2) is 9.54. The van der Waals surface area contributed by atoms with Gasteiger partial charge in [-0.1, -0.05) is 30.7 Å². The van der Waals surface area contributed by atoms with Crippen LogP contribution >= 0.6 is 0 Å². The van der Waals surface area contributed by atoms with E-state index in [4.69, 9.17) is 9.47 Å². The average Bonchev–Trinajstić information content (AvgIpc) is 3.21. The maximum atomic E-state index is 12.7. The van der Waals surface area contributed by atoms with E-state index in [-0.39, 0.29) is 30.6 Å². The fourth-order valence-corrected chi connectivity index (χ4v) is 6.15. The number of hydrogen-bond acceptors (Lipinski definition) is 5. The molecule has 4 fully saturated rings. The monoisotopic (exact) mass is 495 g/mol. The Kier molecular flexibility index (Phi) is 6.57. The topological polar surface area (TPSA) is 93.9 Å². The van der Waals surface area contributed by atoms with Crippen molar-refractivity contribution in [3.8, 4) is 11.1 Å². The number of carboxylic acids is 1. The molecule has 2 saturated heterocycles. The summed E-state index contributed by atoms with van der Waals surface area (Å²) in [5.41, 5.74) is 3.54. The molecule has 0 unspecified atom stereocenters. The van der Waals surface area contributed by atoms with E-state index in [0.717, 1.165) is 42.5 Å². The number of rotatable bonds is 8. The van der Waals surface area contributed by atoms with Crippen LogP contribution in [0.15, 0.2) is 30.5 Å². The molecule has 3 heterocycles. The van der Waals surface area contributed by atoms with Crippen LogP contribution in [0.3, 0.4) is 0 Å². The summed E-state index contributed by atoms with van der Waals surface area (Å²) in [6.07, 6.45) is 8.67. The van der Waals surface area contributed by atoms with E-state index in [9.17, 15) is 14.7 Å². The highest BCUT2D eigenvalue weighted by molar-refractivity contribution is 5.69. The summed E-state index contributed by atoms with van der Waals surface area (Å²) in [6.45, 7) is 2.83. The van der Waals surface area contributed by atoms with Crippen molar-refractivity contribution in [1.29, 1.82) is 0 Å². The highest BCUT2D eigenvalue weighted by Crippen LogP contribution is 2.51. The number of fused-ring (bicyclic) bond motifs is 3. The third-order valence-electron chi connectivity index (χ3n) is 9.18. The Bertz CT molecular complexity index is 1100. The van der Waals surface area contributed by atoms with Crippen molar-refractivity contribution in [3.63, 3.8) is 0 Å². The summed E-state index contributed by atoms with van der Waals surface area (Å²) < 4.78 is 13.6. The Morgan fingerprint density at radius 1 is 1.22 bits per heavy atom. The number of ether oxygens (including phenoxy) is 2. The molecule has 1 N–H and O–H groups in total. The van der Waals surface area contributed by atoms with Gasteiger partial charge in [0.25, 0.3) is 0 Å². The summed E-state index contributed by atoms with van der Waals surface area (Å²) in [4.78, 5) is 25.7. The number of amides is 1. The minimum atomic E-state index is -0.786. The standard InChI is InChI=1S/C28H37N3O5/c1-19(20-5-4-6-20)30(2)26(34)35-17-24-23(16-29-31(24)3)21-7-9-22(10-8-21)27-11-13-28(14-12-27,36-18-27)15-25(32)33/h7-10,16,19-20H,4-6,11-15,17-18H2,1-3H3,(H,32,33)/t19-,27?,28?/m1/s1. The van der Waals surface area contributed by atoms with Gasteiger partial charge in [0.2, 0.25) is 0 Å². The normalized spacial score (nSPS) is 26.3. The van der Waals surface area contributed by atoms with Crippen LogP contribution in [0.4, 0.5) is 4.79 Å². The molecule has 2 aliphatic carbocycles. The lowest BCUT2D eigenvalue weighted by molar-refractivity contribution is -0.174. The second-order valence-corrected chi connectivity index (χ2v) is 11.1. The van der Waals surface area contributed by atoms with E-state index < -0.39 is 11.6 Å². The number of benzene rings is 1. The van der Waals surface area contributed by atoms with Crippen LogP contribution < -0.4 is 0 Å². The van der Waals surface area contributed by atoms with Gasteiger partial charge in [0, 0.05) is 31.1 Å². The minimum absolute atomic E-state index is 0.0478. The largest absolute Gasteiger partial charge is 0.481 e. The highest BCUT2D eigenvalue weighted by atomic mass is 16.6. The molecule has 1 amide bonds. The van der Waals surface area contributed by atoms with Crippen molar-refractivity contribution < 1.29 is 24.2 Å². The molecule has 1 aromatic carbocycles. The van der Waals surface area contributed by atoms with Gasteiger partial charge >= 0.3 is 12.1 Å². The molecule has 0 spiro atoms. The van der Waals surface area contributed by atoms with E-state index in [1.54, 1.807) is 9.58 Å². The molecule has 1 atom stereocenters. The fourth-order valence-electron chi connectivity index (χ4n) is 6.15. The summed E-state index contributed by atoms with van der Waals surface area (Å²) >= 11 is 0. The number of nitrogens with zero attached hydrogens (tertiary/aromatic N) is 3. The van der Waals surface area contributed by atoms with Crippen molar-refractivity contribution in [3.05, 3.63) is 41.7 Å². The lowest BCUT2D eigenvalue weighted by atomic mass is 9.62. The Labute approximate surface area is 212 Å². The van der Waals surface area contributed by atoms with Gasteiger partial charge in [0.1, 0.15) is 6.61 Å². The van der Waals surface area contributed by atoms with Gasteiger partial charge in [-0.25, -0.2) is 4.79 Å². The van der Waals surface area contributed by atoms with Gasteiger partial charge in [-0.15, -0.1) is 0 Å². The molecule has 2 aliphatic heterocycles. The maximum Gasteiger partial charge on any atom is 0.410 e. The van der Waals surface area contributed by atoms with Gasteiger partial charge in [0.15, 0.2) is 0 Å². The fraction of sp³-hybridized carbons (Fsp3) is 0.607. The summed E-state index contributed by atoms with van der Waals surface area (Å²) in [5.74, 6) is -0.216. The number of aryl methyl sites for hydroxylation is 1. The minimum Gasteiger partial charge on any atom is -0.481 e. The van der Waals surface area contributed by atoms with E-state index in [0.29, 0.717) is 12.5 Å². The molecule has 8 nitrogen and oxygen atoms in total. The smallest absolute Gasteiger partial charge is 0.410 e. The zero-order valence-electron chi connectivity index (χ0n) is 21.5. The summed E-state index contributed by atoms with van der Waals surface area (Å²) in [5, 5.41) is 13.7. The first-order valence-corrected chi connectivity index (χ1v) is 13.1. The second-order valence-electron chi connectivity index (χ2n) is 11.1. The first kappa shape index (κ1) is 24.8. The summed E-state index contributed by atoms with van der Waals surface area (Å²) in [6, 6.07) is 8.70. The van der Waals surface area contributed by atoms with E-state index in [1.165, 1.54) is 24.8 Å². The van der Waals surface area contributed by atoms with Crippen LogP contribution in [0, 0.1) is 5.92 Å². The number of carbonyl (C=O) groups excluding carboxylic acids is 1.